The number of rotatable bonds is 6. The molecule has 0 fully saturated rings. The standard InChI is InChI=1S/C21H22F3N3O3/c1-13(21(22,23)24)9-19(28)25-15-7-8-18-17(11-15)20(29)26(2)27(18)12-14-5-4-6-16(10-14)30-3/h4-8,10-11,13H,9,12H2,1-3H3,(H,25,28). The third kappa shape index (κ3) is 4.50. The van der Waals surface area contributed by atoms with Crippen LogP contribution in [0.15, 0.2) is 47.3 Å². The molecule has 9 heteroatoms. The third-order valence-electron chi connectivity index (χ3n) is 4.96. The lowest BCUT2D eigenvalue weighted by Crippen LogP contribution is -2.25. The Labute approximate surface area is 170 Å². The summed E-state index contributed by atoms with van der Waals surface area (Å²) in [5.41, 5.74) is 1.58. The maximum Gasteiger partial charge on any atom is 0.392 e. The van der Waals surface area contributed by atoms with Gasteiger partial charge in [-0.3, -0.25) is 19.0 Å². The zero-order valence-corrected chi connectivity index (χ0v) is 16.8. The number of ether oxygens (including phenoxy) is 1. The van der Waals surface area contributed by atoms with Crippen LogP contribution in [0.25, 0.3) is 10.9 Å². The molecule has 160 valence electrons. The van der Waals surface area contributed by atoms with E-state index in [1.165, 1.54) is 10.7 Å². The summed E-state index contributed by atoms with van der Waals surface area (Å²) in [6, 6.07) is 12.2. The van der Waals surface area contributed by atoms with Crippen LogP contribution in [-0.2, 0) is 18.4 Å². The van der Waals surface area contributed by atoms with Crippen LogP contribution in [0.5, 0.6) is 5.75 Å². The molecule has 30 heavy (non-hydrogen) atoms. The first-order valence-corrected chi connectivity index (χ1v) is 9.29. The summed E-state index contributed by atoms with van der Waals surface area (Å²) in [6.07, 6.45) is -5.12. The zero-order valence-electron chi connectivity index (χ0n) is 16.8. The molecule has 1 unspecified atom stereocenters. The lowest BCUT2D eigenvalue weighted by Gasteiger charge is -2.15. The normalized spacial score (nSPS) is 12.7. The minimum Gasteiger partial charge on any atom is -0.497 e. The van der Waals surface area contributed by atoms with E-state index >= 15 is 0 Å². The van der Waals surface area contributed by atoms with Crippen molar-refractivity contribution in [2.45, 2.75) is 26.1 Å². The summed E-state index contributed by atoms with van der Waals surface area (Å²) in [5, 5.41) is 2.81. The van der Waals surface area contributed by atoms with E-state index in [4.69, 9.17) is 4.74 Å². The van der Waals surface area contributed by atoms with Gasteiger partial charge >= 0.3 is 6.18 Å². The largest absolute Gasteiger partial charge is 0.497 e. The Hall–Kier alpha value is -3.23. The summed E-state index contributed by atoms with van der Waals surface area (Å²) in [4.78, 5) is 24.6. The molecule has 0 radical (unpaired) electrons. The van der Waals surface area contributed by atoms with Gasteiger partial charge in [0.1, 0.15) is 5.75 Å². The fraction of sp³-hybridized carbons (Fsp3) is 0.333. The summed E-state index contributed by atoms with van der Waals surface area (Å²) in [5.74, 6) is -1.81. The number of hydrogen-bond donors (Lipinski definition) is 1. The number of nitrogens with zero attached hydrogens (tertiary/aromatic N) is 2. The smallest absolute Gasteiger partial charge is 0.392 e. The molecule has 2 aromatic carbocycles. The molecule has 1 heterocycles. The molecule has 1 N–H and O–H groups in total. The van der Waals surface area contributed by atoms with Crippen LogP contribution in [0.1, 0.15) is 18.9 Å². The second-order valence-electron chi connectivity index (χ2n) is 7.16. The molecule has 0 spiro atoms. The zero-order chi connectivity index (χ0) is 22.1. The molecule has 0 aliphatic carbocycles. The molecule has 3 aromatic rings. The average molecular weight is 421 g/mol. The molecule has 6 nitrogen and oxygen atoms in total. The number of benzene rings is 2. The highest BCUT2D eigenvalue weighted by Crippen LogP contribution is 2.28. The van der Waals surface area contributed by atoms with E-state index in [2.05, 4.69) is 5.32 Å². The highest BCUT2D eigenvalue weighted by Gasteiger charge is 2.37. The maximum absolute atomic E-state index is 12.7. The van der Waals surface area contributed by atoms with Crippen LogP contribution in [0.2, 0.25) is 0 Å². The van der Waals surface area contributed by atoms with Gasteiger partial charge in [0.2, 0.25) is 5.91 Å². The number of hydrogen-bond acceptors (Lipinski definition) is 3. The van der Waals surface area contributed by atoms with Gasteiger partial charge in [-0.15, -0.1) is 0 Å². The topological polar surface area (TPSA) is 65.3 Å². The van der Waals surface area contributed by atoms with Crippen molar-refractivity contribution in [3.8, 4) is 5.75 Å². The number of nitrogens with one attached hydrogen (secondary N) is 1. The van der Waals surface area contributed by atoms with Gasteiger partial charge in [0.15, 0.2) is 0 Å². The number of fused-ring (bicyclic) bond motifs is 1. The van der Waals surface area contributed by atoms with Crippen LogP contribution >= 0.6 is 0 Å². The lowest BCUT2D eigenvalue weighted by molar-refractivity contribution is -0.173. The molecular formula is C21H22F3N3O3. The lowest BCUT2D eigenvalue weighted by atomic mass is 10.1. The molecule has 0 bridgehead atoms. The first kappa shape index (κ1) is 21.5. The number of methoxy groups -OCH3 is 1. The van der Waals surface area contributed by atoms with Crippen molar-refractivity contribution in [3.63, 3.8) is 0 Å². The first-order chi connectivity index (χ1) is 14.1. The van der Waals surface area contributed by atoms with E-state index in [-0.39, 0.29) is 11.2 Å². The van der Waals surface area contributed by atoms with Gasteiger partial charge in [-0.25, -0.2) is 0 Å². The molecule has 0 aliphatic rings. The number of anilines is 1. The minimum absolute atomic E-state index is 0.271. The van der Waals surface area contributed by atoms with Gasteiger partial charge < -0.3 is 10.1 Å². The van der Waals surface area contributed by atoms with Crippen molar-refractivity contribution >= 4 is 22.5 Å². The van der Waals surface area contributed by atoms with Gasteiger partial charge in [-0.1, -0.05) is 19.1 Å². The number of alkyl halides is 3. The quantitative estimate of drug-likeness (QED) is 0.656. The monoisotopic (exact) mass is 421 g/mol. The summed E-state index contributed by atoms with van der Waals surface area (Å²) in [6.45, 7) is 1.37. The van der Waals surface area contributed by atoms with Crippen LogP contribution in [0, 0.1) is 5.92 Å². The van der Waals surface area contributed by atoms with Crippen molar-refractivity contribution in [1.82, 2.24) is 9.36 Å². The molecular weight excluding hydrogens is 399 g/mol. The molecule has 1 amide bonds. The van der Waals surface area contributed by atoms with Gasteiger partial charge in [0, 0.05) is 19.2 Å². The van der Waals surface area contributed by atoms with Crippen molar-refractivity contribution in [2.24, 2.45) is 13.0 Å². The van der Waals surface area contributed by atoms with Crippen molar-refractivity contribution in [2.75, 3.05) is 12.4 Å². The predicted molar refractivity (Wildman–Crippen MR) is 108 cm³/mol. The Balaban J connectivity index is 1.86. The second-order valence-corrected chi connectivity index (χ2v) is 7.16. The average Bonchev–Trinajstić information content (AvgIpc) is 2.92. The SMILES string of the molecule is COc1cccc(Cn2c3ccc(NC(=O)CC(C)C(F)(F)F)cc3c(=O)n2C)c1. The van der Waals surface area contributed by atoms with Gasteiger partial charge in [0.05, 0.1) is 30.5 Å². The first-order valence-electron chi connectivity index (χ1n) is 9.29. The van der Waals surface area contributed by atoms with Crippen molar-refractivity contribution in [3.05, 3.63) is 58.4 Å². The molecule has 3 rings (SSSR count). The van der Waals surface area contributed by atoms with E-state index in [0.717, 1.165) is 12.5 Å². The predicted octanol–water partition coefficient (Wildman–Crippen LogP) is 3.92. The number of carbonyl (C=O) groups excluding carboxylic acids is 1. The fourth-order valence-electron chi connectivity index (χ4n) is 3.20. The highest BCUT2D eigenvalue weighted by atomic mass is 19.4. The third-order valence-corrected chi connectivity index (χ3v) is 4.96. The highest BCUT2D eigenvalue weighted by molar-refractivity contribution is 5.93. The molecule has 1 aromatic heterocycles. The van der Waals surface area contributed by atoms with Gasteiger partial charge in [0.25, 0.3) is 5.56 Å². The number of aromatic nitrogens is 2. The molecule has 0 saturated carbocycles. The van der Waals surface area contributed by atoms with E-state index < -0.39 is 24.4 Å². The Bertz CT molecular complexity index is 1130. The van der Waals surface area contributed by atoms with Crippen molar-refractivity contribution < 1.29 is 22.7 Å². The summed E-state index contributed by atoms with van der Waals surface area (Å²) < 4.78 is 46.4. The molecule has 1 atom stereocenters. The number of carbonyl (C=O) groups is 1. The van der Waals surface area contributed by atoms with Crippen molar-refractivity contribution in [1.29, 1.82) is 0 Å². The van der Waals surface area contributed by atoms with Crippen LogP contribution in [0.4, 0.5) is 18.9 Å². The summed E-state index contributed by atoms with van der Waals surface area (Å²) >= 11 is 0. The van der Waals surface area contributed by atoms with Crippen LogP contribution < -0.4 is 15.6 Å². The second kappa shape index (κ2) is 8.25. The molecule has 0 aliphatic heterocycles. The molecule has 0 saturated heterocycles. The van der Waals surface area contributed by atoms with Gasteiger partial charge in [-0.2, -0.15) is 13.2 Å². The Morgan fingerprint density at radius 2 is 1.93 bits per heavy atom. The van der Waals surface area contributed by atoms with E-state index in [9.17, 15) is 22.8 Å². The van der Waals surface area contributed by atoms with E-state index in [1.807, 2.05) is 24.3 Å². The number of halogens is 3. The number of amides is 1. The van der Waals surface area contributed by atoms with E-state index in [0.29, 0.717) is 23.2 Å². The fourth-order valence-corrected chi connectivity index (χ4v) is 3.20. The van der Waals surface area contributed by atoms with E-state index in [1.54, 1.807) is 31.0 Å². The van der Waals surface area contributed by atoms with Crippen LogP contribution in [0.3, 0.4) is 0 Å². The summed E-state index contributed by atoms with van der Waals surface area (Å²) in [7, 11) is 3.21. The van der Waals surface area contributed by atoms with Gasteiger partial charge in [-0.05, 0) is 35.9 Å². The maximum atomic E-state index is 12.7. The Morgan fingerprint density at radius 1 is 1.20 bits per heavy atom. The Morgan fingerprint density at radius 3 is 2.60 bits per heavy atom. The minimum atomic E-state index is -4.44. The Kier molecular flexibility index (Phi) is 5.91. The van der Waals surface area contributed by atoms with Crippen LogP contribution in [-0.4, -0.2) is 28.6 Å².